The van der Waals surface area contributed by atoms with E-state index in [-0.39, 0.29) is 5.75 Å². The van der Waals surface area contributed by atoms with Crippen molar-refractivity contribution in [3.05, 3.63) is 36.0 Å². The fourth-order valence-corrected chi connectivity index (χ4v) is 5.53. The van der Waals surface area contributed by atoms with Crippen molar-refractivity contribution in [3.63, 3.8) is 0 Å². The summed E-state index contributed by atoms with van der Waals surface area (Å²) >= 11 is 0. The van der Waals surface area contributed by atoms with Gasteiger partial charge >= 0.3 is 0 Å². The van der Waals surface area contributed by atoms with Crippen LogP contribution in [0.2, 0.25) is 0 Å². The average Bonchev–Trinajstić information content (AvgIpc) is 3.22. The second-order valence-corrected chi connectivity index (χ2v) is 9.93. The van der Waals surface area contributed by atoms with E-state index in [0.717, 1.165) is 29.9 Å². The second-order valence-electron chi connectivity index (χ2n) is 7.65. The molecule has 2 aliphatic heterocycles. The minimum Gasteiger partial charge on any atom is -0.496 e. The number of ether oxygens (including phenoxy) is 1. The zero-order valence-electron chi connectivity index (χ0n) is 16.1. The third kappa shape index (κ3) is 3.52. The molecule has 0 amide bonds. The van der Waals surface area contributed by atoms with Gasteiger partial charge in [-0.3, -0.25) is 4.90 Å². The average molecular weight is 389 g/mol. The van der Waals surface area contributed by atoms with Gasteiger partial charge in [-0.25, -0.2) is 8.42 Å². The lowest BCUT2D eigenvalue weighted by atomic mass is 10.0. The summed E-state index contributed by atoms with van der Waals surface area (Å²) in [6, 6.07) is 10.7. The number of rotatable bonds is 6. The topological polar surface area (TPSA) is 62.4 Å². The van der Waals surface area contributed by atoms with Gasteiger partial charge in [-0.15, -0.1) is 0 Å². The summed E-state index contributed by atoms with van der Waals surface area (Å²) in [5.74, 6) is 0.767. The van der Waals surface area contributed by atoms with Crippen molar-refractivity contribution in [3.8, 4) is 17.0 Å². The van der Waals surface area contributed by atoms with Crippen molar-refractivity contribution in [2.75, 3.05) is 12.9 Å². The Morgan fingerprint density at radius 2 is 1.85 bits per heavy atom. The van der Waals surface area contributed by atoms with Crippen molar-refractivity contribution in [1.82, 2.24) is 9.88 Å². The van der Waals surface area contributed by atoms with Crippen LogP contribution < -0.4 is 4.74 Å². The predicted octanol–water partition coefficient (Wildman–Crippen LogP) is 4.00. The number of hydrogen-bond acceptors (Lipinski definition) is 4. The van der Waals surface area contributed by atoms with E-state index >= 15 is 0 Å². The SMILES string of the molecule is CCS(=O)(=O)c1ccc(OC)c(-c2ccc(CN3C4CCCC3CC4)[nH]2)c1. The van der Waals surface area contributed by atoms with Crippen LogP contribution in [0.4, 0.5) is 0 Å². The van der Waals surface area contributed by atoms with E-state index in [9.17, 15) is 8.42 Å². The summed E-state index contributed by atoms with van der Waals surface area (Å²) in [5.41, 5.74) is 2.87. The Morgan fingerprint density at radius 1 is 1.11 bits per heavy atom. The van der Waals surface area contributed by atoms with Crippen molar-refractivity contribution < 1.29 is 13.2 Å². The number of nitrogens with one attached hydrogen (secondary N) is 1. The second kappa shape index (κ2) is 7.32. The molecule has 2 aliphatic rings. The molecule has 2 bridgehead atoms. The highest BCUT2D eigenvalue weighted by Crippen LogP contribution is 2.37. The van der Waals surface area contributed by atoms with Crippen LogP contribution in [-0.4, -0.2) is 43.2 Å². The number of piperidine rings is 1. The Balaban J connectivity index is 1.62. The van der Waals surface area contributed by atoms with Gasteiger partial charge in [0.15, 0.2) is 9.84 Å². The minimum absolute atomic E-state index is 0.0898. The molecule has 2 aromatic rings. The lowest BCUT2D eigenvalue weighted by molar-refractivity contribution is 0.130. The number of aromatic amines is 1. The van der Waals surface area contributed by atoms with Crippen LogP contribution >= 0.6 is 0 Å². The minimum atomic E-state index is -3.25. The summed E-state index contributed by atoms with van der Waals surface area (Å²) < 4.78 is 30.0. The fraction of sp³-hybridized carbons (Fsp3) is 0.524. The molecule has 3 heterocycles. The molecule has 1 aromatic heterocycles. The van der Waals surface area contributed by atoms with Gasteiger partial charge in [-0.05, 0) is 56.0 Å². The number of hydrogen-bond donors (Lipinski definition) is 1. The quantitative estimate of drug-likeness (QED) is 0.812. The van der Waals surface area contributed by atoms with Crippen molar-refractivity contribution in [1.29, 1.82) is 0 Å². The summed E-state index contributed by atoms with van der Waals surface area (Å²) in [4.78, 5) is 6.49. The smallest absolute Gasteiger partial charge is 0.178 e. The molecule has 2 atom stereocenters. The van der Waals surface area contributed by atoms with Gasteiger partial charge in [-0.1, -0.05) is 13.3 Å². The molecule has 146 valence electrons. The molecule has 27 heavy (non-hydrogen) atoms. The number of fused-ring (bicyclic) bond motifs is 2. The monoisotopic (exact) mass is 388 g/mol. The zero-order valence-corrected chi connectivity index (χ0v) is 16.9. The molecule has 1 N–H and O–H groups in total. The first kappa shape index (κ1) is 18.6. The number of nitrogens with zero attached hydrogens (tertiary/aromatic N) is 1. The summed E-state index contributed by atoms with van der Waals surface area (Å²) in [7, 11) is -1.64. The molecule has 0 spiro atoms. The maximum Gasteiger partial charge on any atom is 0.178 e. The highest BCUT2D eigenvalue weighted by Gasteiger charge is 2.36. The van der Waals surface area contributed by atoms with Gasteiger partial charge in [-0.2, -0.15) is 0 Å². The van der Waals surface area contributed by atoms with E-state index in [1.54, 1.807) is 32.2 Å². The van der Waals surface area contributed by atoms with E-state index in [0.29, 0.717) is 10.6 Å². The zero-order chi connectivity index (χ0) is 19.0. The first-order chi connectivity index (χ1) is 13.0. The fourth-order valence-electron chi connectivity index (χ4n) is 4.63. The Labute approximate surface area is 161 Å². The van der Waals surface area contributed by atoms with Crippen LogP contribution in [0.1, 0.15) is 44.7 Å². The van der Waals surface area contributed by atoms with Gasteiger partial charge in [0.25, 0.3) is 0 Å². The summed E-state index contributed by atoms with van der Waals surface area (Å²) in [6.45, 7) is 2.60. The van der Waals surface area contributed by atoms with Gasteiger partial charge in [0.1, 0.15) is 5.75 Å². The van der Waals surface area contributed by atoms with Gasteiger partial charge in [0, 0.05) is 35.6 Å². The van der Waals surface area contributed by atoms with E-state index in [4.69, 9.17) is 4.74 Å². The van der Waals surface area contributed by atoms with Crippen LogP contribution in [0, 0.1) is 0 Å². The Morgan fingerprint density at radius 3 is 2.52 bits per heavy atom. The molecule has 6 heteroatoms. The number of methoxy groups -OCH3 is 1. The summed E-state index contributed by atoms with van der Waals surface area (Å²) in [6.07, 6.45) is 6.63. The van der Waals surface area contributed by atoms with Crippen LogP contribution in [0.3, 0.4) is 0 Å². The normalized spacial score (nSPS) is 22.9. The van der Waals surface area contributed by atoms with Gasteiger partial charge in [0.05, 0.1) is 17.8 Å². The van der Waals surface area contributed by atoms with Crippen molar-refractivity contribution in [2.24, 2.45) is 0 Å². The van der Waals surface area contributed by atoms with Gasteiger partial charge in [0.2, 0.25) is 0 Å². The molecular weight excluding hydrogens is 360 g/mol. The van der Waals surface area contributed by atoms with Crippen LogP contribution in [-0.2, 0) is 16.4 Å². The molecule has 2 fully saturated rings. The molecule has 5 nitrogen and oxygen atoms in total. The first-order valence-electron chi connectivity index (χ1n) is 9.86. The number of sulfone groups is 1. The molecule has 2 unspecified atom stereocenters. The third-order valence-corrected chi connectivity index (χ3v) is 7.88. The van der Waals surface area contributed by atoms with Crippen LogP contribution in [0.5, 0.6) is 5.75 Å². The van der Waals surface area contributed by atoms with Crippen LogP contribution in [0.15, 0.2) is 35.2 Å². The molecule has 1 aromatic carbocycles. The van der Waals surface area contributed by atoms with Crippen LogP contribution in [0.25, 0.3) is 11.3 Å². The number of H-pyrrole nitrogens is 1. The van der Waals surface area contributed by atoms with Gasteiger partial charge < -0.3 is 9.72 Å². The Bertz CT molecular complexity index is 903. The van der Waals surface area contributed by atoms with E-state index in [2.05, 4.69) is 16.0 Å². The summed E-state index contributed by atoms with van der Waals surface area (Å²) in [5, 5.41) is 0. The van der Waals surface area contributed by atoms with E-state index < -0.39 is 9.84 Å². The lowest BCUT2D eigenvalue weighted by Gasteiger charge is -2.34. The Hall–Kier alpha value is -1.79. The molecule has 0 saturated carbocycles. The molecule has 0 radical (unpaired) electrons. The number of benzene rings is 1. The largest absolute Gasteiger partial charge is 0.496 e. The molecular formula is C21H28N2O3S. The van der Waals surface area contributed by atoms with Crippen molar-refractivity contribution >= 4 is 9.84 Å². The first-order valence-corrected chi connectivity index (χ1v) is 11.5. The lowest BCUT2D eigenvalue weighted by Crippen LogP contribution is -2.38. The highest BCUT2D eigenvalue weighted by atomic mass is 32.2. The highest BCUT2D eigenvalue weighted by molar-refractivity contribution is 7.91. The predicted molar refractivity (Wildman–Crippen MR) is 107 cm³/mol. The number of aromatic nitrogens is 1. The maximum atomic E-state index is 12.3. The standard InChI is InChI=1S/C21H28N2O3S/c1-3-27(24,25)18-10-12-21(26-2)19(13-18)20-11-7-15(22-20)14-23-16-5-4-6-17(23)9-8-16/h7,10-13,16-17,22H,3-6,8-9,14H2,1-2H3. The van der Waals surface area contributed by atoms with E-state index in [1.165, 1.54) is 37.8 Å². The molecule has 0 aliphatic carbocycles. The Kier molecular flexibility index (Phi) is 5.03. The maximum absolute atomic E-state index is 12.3. The van der Waals surface area contributed by atoms with E-state index in [1.807, 2.05) is 6.07 Å². The third-order valence-electron chi connectivity index (χ3n) is 6.15. The molecule has 2 saturated heterocycles. The van der Waals surface area contributed by atoms with Crippen molar-refractivity contribution in [2.45, 2.75) is 62.6 Å². The molecule has 4 rings (SSSR count).